The second-order valence-electron chi connectivity index (χ2n) is 10.1. The smallest absolute Gasteiger partial charge is 0.306 e. The van der Waals surface area contributed by atoms with Crippen LogP contribution in [0.1, 0.15) is 38.2 Å². The number of rotatable bonds is 13. The molecule has 6 N–H and O–H groups in total. The number of likely N-dealkylation sites (N-methyl/N-ethyl adjacent to an activating group) is 1. The first-order valence-corrected chi connectivity index (χ1v) is 13.4. The van der Waals surface area contributed by atoms with E-state index in [1.807, 2.05) is 0 Å². The minimum absolute atomic E-state index is 0.0358. The third kappa shape index (κ3) is 5.47. The molecule has 0 spiro atoms. The number of hydrogen-bond donors (Lipinski definition) is 6. The Bertz CT molecular complexity index is 1120. The summed E-state index contributed by atoms with van der Waals surface area (Å²) >= 11 is 0. The molecule has 6 atom stereocenters. The van der Waals surface area contributed by atoms with Crippen molar-refractivity contribution in [1.29, 1.82) is 0 Å². The lowest BCUT2D eigenvalue weighted by atomic mass is 9.61. The van der Waals surface area contributed by atoms with Crippen molar-refractivity contribution in [3.8, 4) is 11.5 Å². The molecule has 1 aromatic heterocycles. The average Bonchev–Trinajstić information content (AvgIpc) is 3.39. The molecule has 4 rings (SSSR count). The normalized spacial score (nSPS) is 30.3. The van der Waals surface area contributed by atoms with Crippen LogP contribution in [0.4, 0.5) is 0 Å². The molecule has 0 radical (unpaired) electrons. The lowest BCUT2D eigenvalue weighted by Gasteiger charge is -2.59. The van der Waals surface area contributed by atoms with Gasteiger partial charge in [0.1, 0.15) is 24.4 Å². The highest BCUT2D eigenvalue weighted by Gasteiger charge is 2.68. The van der Waals surface area contributed by atoms with Gasteiger partial charge in [-0.25, -0.2) is 0 Å². The van der Waals surface area contributed by atoms with E-state index in [0.717, 1.165) is 0 Å². The van der Waals surface area contributed by atoms with Gasteiger partial charge in [0.25, 0.3) is 0 Å². The molecule has 6 unspecified atom stereocenters. The molecule has 12 heteroatoms. The Hall–Kier alpha value is -2.45. The van der Waals surface area contributed by atoms with E-state index < -0.39 is 48.2 Å². The van der Waals surface area contributed by atoms with Crippen molar-refractivity contribution in [1.82, 2.24) is 5.32 Å². The topological polar surface area (TPSA) is 180 Å². The lowest BCUT2D eigenvalue weighted by Crippen LogP contribution is -2.78. The van der Waals surface area contributed by atoms with E-state index in [2.05, 4.69) is 5.32 Å². The molecular weight excluding hydrogens is 514 g/mol. The van der Waals surface area contributed by atoms with Crippen LogP contribution in [0, 0.1) is 5.92 Å². The molecule has 1 saturated heterocycles. The third-order valence-electron chi connectivity index (χ3n) is 7.78. The number of fused-ring (bicyclic) bond motifs is 3. The second kappa shape index (κ2) is 12.4. The minimum atomic E-state index is -2.14. The van der Waals surface area contributed by atoms with Gasteiger partial charge in [-0.3, -0.25) is 4.79 Å². The summed E-state index contributed by atoms with van der Waals surface area (Å²) in [6.45, 7) is 1.78. The maximum absolute atomic E-state index is 12.2. The second-order valence-corrected chi connectivity index (χ2v) is 10.1. The molecule has 2 aromatic rings. The Labute approximate surface area is 226 Å². The quantitative estimate of drug-likeness (QED) is 0.147. The number of benzene rings is 1. The van der Waals surface area contributed by atoms with Crippen LogP contribution in [0.2, 0.25) is 0 Å². The molecule has 2 aliphatic rings. The van der Waals surface area contributed by atoms with E-state index in [0.29, 0.717) is 23.1 Å². The number of ether oxygens (including phenoxy) is 4. The van der Waals surface area contributed by atoms with E-state index in [4.69, 9.17) is 23.4 Å². The Balaban J connectivity index is 1.80. The third-order valence-corrected chi connectivity index (χ3v) is 7.78. The lowest BCUT2D eigenvalue weighted by molar-refractivity contribution is -0.380. The van der Waals surface area contributed by atoms with E-state index in [1.54, 1.807) is 26.1 Å². The summed E-state index contributed by atoms with van der Waals surface area (Å²) in [5.41, 5.74) is -3.15. The summed E-state index contributed by atoms with van der Waals surface area (Å²) in [7, 11) is 1.77. The van der Waals surface area contributed by atoms with Gasteiger partial charge in [-0.05, 0) is 63.3 Å². The molecule has 218 valence electrons. The average molecular weight is 554 g/mol. The van der Waals surface area contributed by atoms with Crippen LogP contribution in [0.5, 0.6) is 11.5 Å². The summed E-state index contributed by atoms with van der Waals surface area (Å²) in [5.74, 6) is -0.758. The fraction of sp³-hybridized carbons (Fsp3) is 0.667. The molecule has 2 fully saturated rings. The molecule has 2 bridgehead atoms. The number of esters is 1. The van der Waals surface area contributed by atoms with Crippen LogP contribution >= 0.6 is 0 Å². The molecule has 0 amide bonds. The number of aliphatic hydroxyl groups is 5. The highest BCUT2D eigenvalue weighted by Crippen LogP contribution is 2.51. The zero-order chi connectivity index (χ0) is 28.2. The van der Waals surface area contributed by atoms with Crippen molar-refractivity contribution in [2.75, 3.05) is 40.0 Å². The molecule has 39 heavy (non-hydrogen) atoms. The van der Waals surface area contributed by atoms with Gasteiger partial charge >= 0.3 is 5.97 Å². The molecular formula is C27H39NO11. The monoisotopic (exact) mass is 553 g/mol. The predicted molar refractivity (Wildman–Crippen MR) is 137 cm³/mol. The molecule has 1 aliphatic carbocycles. The number of aliphatic hydroxyl groups excluding tert-OH is 3. The maximum atomic E-state index is 12.2. The van der Waals surface area contributed by atoms with Crippen molar-refractivity contribution in [3.63, 3.8) is 0 Å². The van der Waals surface area contributed by atoms with Crippen LogP contribution in [0.15, 0.2) is 22.8 Å². The first-order chi connectivity index (χ1) is 18.7. The van der Waals surface area contributed by atoms with Crippen LogP contribution in [-0.2, 0) is 20.7 Å². The minimum Gasteiger partial charge on any atom is -0.485 e. The van der Waals surface area contributed by atoms with Crippen molar-refractivity contribution in [2.24, 2.45) is 5.92 Å². The largest absolute Gasteiger partial charge is 0.485 e. The molecule has 1 aromatic carbocycles. The Morgan fingerprint density at radius 3 is 2.74 bits per heavy atom. The summed E-state index contributed by atoms with van der Waals surface area (Å²) in [5, 5.41) is 57.8. The highest BCUT2D eigenvalue weighted by atomic mass is 16.7. The number of carbonyl (C=O) groups is 1. The molecule has 1 aliphatic heterocycles. The van der Waals surface area contributed by atoms with Crippen LogP contribution in [0.3, 0.4) is 0 Å². The van der Waals surface area contributed by atoms with Gasteiger partial charge in [-0.15, -0.1) is 0 Å². The van der Waals surface area contributed by atoms with Crippen molar-refractivity contribution in [2.45, 2.75) is 68.7 Å². The van der Waals surface area contributed by atoms with Gasteiger partial charge in [0.05, 0.1) is 19.5 Å². The molecule has 12 nitrogen and oxygen atoms in total. The van der Waals surface area contributed by atoms with E-state index in [-0.39, 0.29) is 63.4 Å². The van der Waals surface area contributed by atoms with Crippen molar-refractivity contribution < 1.29 is 53.7 Å². The van der Waals surface area contributed by atoms with Gasteiger partial charge in [0, 0.05) is 25.0 Å². The van der Waals surface area contributed by atoms with Gasteiger partial charge in [-0.1, -0.05) is 0 Å². The van der Waals surface area contributed by atoms with Gasteiger partial charge in [0.2, 0.25) is 12.0 Å². The number of carbonyl (C=O) groups excluding carboxylic acids is 1. The number of nitrogens with one attached hydrogen (secondary N) is 1. The molecule has 1 saturated carbocycles. The zero-order valence-corrected chi connectivity index (χ0v) is 22.3. The van der Waals surface area contributed by atoms with Crippen molar-refractivity contribution in [3.05, 3.63) is 24.0 Å². The summed E-state index contributed by atoms with van der Waals surface area (Å²) < 4.78 is 29.1. The number of furan rings is 1. The Morgan fingerprint density at radius 2 is 2.05 bits per heavy atom. The first-order valence-electron chi connectivity index (χ1n) is 13.4. The van der Waals surface area contributed by atoms with Gasteiger partial charge in [-0.2, -0.15) is 0 Å². The van der Waals surface area contributed by atoms with Gasteiger partial charge < -0.3 is 54.2 Å². The molecule has 2 heterocycles. The van der Waals surface area contributed by atoms with Crippen LogP contribution < -0.4 is 14.8 Å². The highest BCUT2D eigenvalue weighted by molar-refractivity contribution is 5.87. The number of hydrogen-bond acceptors (Lipinski definition) is 12. The van der Waals surface area contributed by atoms with E-state index in [9.17, 15) is 30.3 Å². The Kier molecular flexibility index (Phi) is 9.37. The fourth-order valence-electron chi connectivity index (χ4n) is 5.68. The van der Waals surface area contributed by atoms with E-state index >= 15 is 0 Å². The Morgan fingerprint density at radius 1 is 1.26 bits per heavy atom. The predicted octanol–water partition coefficient (Wildman–Crippen LogP) is 0.238. The summed E-state index contributed by atoms with van der Waals surface area (Å²) in [4.78, 5) is 12.2. The van der Waals surface area contributed by atoms with Crippen LogP contribution in [-0.4, -0.2) is 101 Å². The first kappa shape index (κ1) is 29.5. The number of aryl methyl sites for hydroxylation is 1. The fourth-order valence-corrected chi connectivity index (χ4v) is 5.68. The zero-order valence-electron chi connectivity index (χ0n) is 22.3. The summed E-state index contributed by atoms with van der Waals surface area (Å²) in [6, 6.07) is 3.51. The standard InChI is InChI=1S/C27H39NO11/c1-3-35-20(31)5-4-16-14-17-8-12-36-21(17)23(37-13-10-28-2)22(16)39-25-27(34)18(7-11-29)6-9-26(33,24(27)32)19(15-30)38-25/h8,12,14,18-19,24-25,28-30,32-34H,3-7,9-11,13,15H2,1-2H3. The van der Waals surface area contributed by atoms with Crippen LogP contribution in [0.25, 0.3) is 11.0 Å². The van der Waals surface area contributed by atoms with Crippen molar-refractivity contribution >= 4 is 16.9 Å². The van der Waals surface area contributed by atoms with Gasteiger partial charge in [0.15, 0.2) is 16.9 Å². The van der Waals surface area contributed by atoms with E-state index in [1.165, 1.54) is 6.26 Å². The maximum Gasteiger partial charge on any atom is 0.306 e. The summed E-state index contributed by atoms with van der Waals surface area (Å²) in [6.07, 6.45) is -2.41. The SMILES string of the molecule is CCOC(=O)CCc1cc2ccoc2c(OCCNC)c1OC1OC(CO)C2(O)CCC(CCO)C1(O)C2O.